The van der Waals surface area contributed by atoms with Crippen molar-refractivity contribution in [1.29, 1.82) is 0 Å². The third-order valence-corrected chi connectivity index (χ3v) is 3.90. The Morgan fingerprint density at radius 2 is 1.90 bits per heavy atom. The molecule has 0 unspecified atom stereocenters. The van der Waals surface area contributed by atoms with Gasteiger partial charge in [-0.3, -0.25) is 4.79 Å². The molecule has 1 aliphatic rings. The van der Waals surface area contributed by atoms with Crippen LogP contribution in [0.1, 0.15) is 12.0 Å². The van der Waals surface area contributed by atoms with Gasteiger partial charge in [0.2, 0.25) is 5.91 Å². The molecule has 4 nitrogen and oxygen atoms in total. The van der Waals surface area contributed by atoms with Gasteiger partial charge in [-0.1, -0.05) is 18.2 Å². The van der Waals surface area contributed by atoms with E-state index in [1.54, 1.807) is 12.1 Å². The Kier molecular flexibility index (Phi) is 6.14. The molecule has 1 saturated heterocycles. The van der Waals surface area contributed by atoms with Crippen molar-refractivity contribution in [1.82, 2.24) is 15.1 Å². The maximum absolute atomic E-state index is 13.4. The molecule has 0 atom stereocenters. The second-order valence-corrected chi connectivity index (χ2v) is 5.53. The first-order chi connectivity index (χ1) is 10.2. The smallest absolute Gasteiger partial charge is 0.223 e. The van der Waals surface area contributed by atoms with Gasteiger partial charge in [0, 0.05) is 39.1 Å². The molecule has 21 heavy (non-hydrogen) atoms. The number of carbonyl (C=O) groups excluding carboxylic acids is 1. The predicted molar refractivity (Wildman–Crippen MR) is 81.7 cm³/mol. The summed E-state index contributed by atoms with van der Waals surface area (Å²) < 4.78 is 13.4. The van der Waals surface area contributed by atoms with Crippen LogP contribution in [-0.2, 0) is 11.2 Å². The van der Waals surface area contributed by atoms with Gasteiger partial charge in [-0.15, -0.1) is 0 Å². The fraction of sp³-hybridized carbons (Fsp3) is 0.562. The zero-order chi connectivity index (χ0) is 15.1. The second-order valence-electron chi connectivity index (χ2n) is 5.53. The van der Waals surface area contributed by atoms with Crippen LogP contribution in [0.3, 0.4) is 0 Å². The van der Waals surface area contributed by atoms with Crippen LogP contribution >= 0.6 is 0 Å². The summed E-state index contributed by atoms with van der Waals surface area (Å²) in [6.45, 7) is 4.89. The third-order valence-electron chi connectivity index (χ3n) is 3.90. The van der Waals surface area contributed by atoms with Crippen molar-refractivity contribution in [2.45, 2.75) is 12.8 Å². The summed E-state index contributed by atoms with van der Waals surface area (Å²) in [6, 6.07) is 6.81. The fourth-order valence-electron chi connectivity index (χ4n) is 2.46. The summed E-state index contributed by atoms with van der Waals surface area (Å²) in [6.07, 6.45) is 1.16. The summed E-state index contributed by atoms with van der Waals surface area (Å²) in [5.41, 5.74) is 0.718. The molecule has 2 rings (SSSR count). The number of hydrogen-bond donors (Lipinski definition) is 1. The minimum Gasteiger partial charge on any atom is -0.340 e. The third kappa shape index (κ3) is 5.10. The number of piperazine rings is 1. The van der Waals surface area contributed by atoms with Gasteiger partial charge >= 0.3 is 0 Å². The van der Waals surface area contributed by atoms with E-state index in [4.69, 9.17) is 0 Å². The minimum atomic E-state index is -0.159. The van der Waals surface area contributed by atoms with Crippen LogP contribution in [0.5, 0.6) is 0 Å². The molecule has 0 radical (unpaired) electrons. The summed E-state index contributed by atoms with van der Waals surface area (Å²) in [7, 11) is 2.08. The van der Waals surface area contributed by atoms with Crippen molar-refractivity contribution in [3.8, 4) is 0 Å². The molecule has 5 heteroatoms. The maximum atomic E-state index is 13.4. The molecule has 1 heterocycles. The van der Waals surface area contributed by atoms with E-state index in [2.05, 4.69) is 17.3 Å². The number of carbonyl (C=O) groups is 1. The predicted octanol–water partition coefficient (Wildman–Crippen LogP) is 1.12. The lowest BCUT2D eigenvalue weighted by molar-refractivity contribution is -0.132. The van der Waals surface area contributed by atoms with E-state index in [1.807, 2.05) is 11.0 Å². The molecule has 1 aromatic carbocycles. The van der Waals surface area contributed by atoms with Gasteiger partial charge in [0.25, 0.3) is 0 Å². The highest BCUT2D eigenvalue weighted by Crippen LogP contribution is 2.06. The Bertz CT molecular complexity index is 459. The topological polar surface area (TPSA) is 35.6 Å². The van der Waals surface area contributed by atoms with Crippen molar-refractivity contribution in [3.05, 3.63) is 35.6 Å². The standard InChI is InChI=1S/C16H24FN3O/c1-19-10-12-20(13-11-19)16(21)7-9-18-8-6-14-4-2-3-5-15(14)17/h2-5,18H,6-13H2,1H3. The van der Waals surface area contributed by atoms with Crippen molar-refractivity contribution in [2.75, 3.05) is 46.3 Å². The molecule has 116 valence electrons. The molecule has 0 spiro atoms. The van der Waals surface area contributed by atoms with Crippen LogP contribution in [0.25, 0.3) is 0 Å². The van der Waals surface area contributed by atoms with Crippen LogP contribution in [0.4, 0.5) is 4.39 Å². The lowest BCUT2D eigenvalue weighted by Crippen LogP contribution is -2.47. The number of benzene rings is 1. The highest BCUT2D eigenvalue weighted by atomic mass is 19.1. The summed E-state index contributed by atoms with van der Waals surface area (Å²) >= 11 is 0. The van der Waals surface area contributed by atoms with Gasteiger partial charge in [0.05, 0.1) is 0 Å². The van der Waals surface area contributed by atoms with E-state index in [9.17, 15) is 9.18 Å². The summed E-state index contributed by atoms with van der Waals surface area (Å²) in [4.78, 5) is 16.2. The highest BCUT2D eigenvalue weighted by Gasteiger charge is 2.18. The monoisotopic (exact) mass is 293 g/mol. The Hall–Kier alpha value is -1.46. The summed E-state index contributed by atoms with van der Waals surface area (Å²) in [5.74, 6) is 0.0503. The van der Waals surface area contributed by atoms with Crippen molar-refractivity contribution < 1.29 is 9.18 Å². The van der Waals surface area contributed by atoms with Gasteiger partial charge in [-0.05, 0) is 31.6 Å². The average molecular weight is 293 g/mol. The number of rotatable bonds is 6. The zero-order valence-corrected chi connectivity index (χ0v) is 12.6. The van der Waals surface area contributed by atoms with Crippen molar-refractivity contribution in [3.63, 3.8) is 0 Å². The van der Waals surface area contributed by atoms with Crippen LogP contribution in [0, 0.1) is 5.82 Å². The van der Waals surface area contributed by atoms with Gasteiger partial charge < -0.3 is 15.1 Å². The van der Waals surface area contributed by atoms with Crippen molar-refractivity contribution in [2.24, 2.45) is 0 Å². The van der Waals surface area contributed by atoms with Gasteiger partial charge in [-0.25, -0.2) is 4.39 Å². The lowest BCUT2D eigenvalue weighted by Gasteiger charge is -2.32. The average Bonchev–Trinajstić information content (AvgIpc) is 2.49. The van der Waals surface area contributed by atoms with E-state index in [0.29, 0.717) is 25.9 Å². The molecule has 1 amide bonds. The molecule has 1 aliphatic heterocycles. The number of likely N-dealkylation sites (N-methyl/N-ethyl adjacent to an activating group) is 1. The molecular weight excluding hydrogens is 269 g/mol. The van der Waals surface area contributed by atoms with Gasteiger partial charge in [0.1, 0.15) is 5.82 Å². The quantitative estimate of drug-likeness (QED) is 0.799. The lowest BCUT2D eigenvalue weighted by atomic mass is 10.1. The molecule has 0 bridgehead atoms. The molecule has 1 N–H and O–H groups in total. The number of amides is 1. The van der Waals surface area contributed by atoms with Gasteiger partial charge in [-0.2, -0.15) is 0 Å². The first-order valence-electron chi connectivity index (χ1n) is 7.57. The van der Waals surface area contributed by atoms with Crippen LogP contribution < -0.4 is 5.32 Å². The Balaban J connectivity index is 1.59. The molecule has 0 aromatic heterocycles. The maximum Gasteiger partial charge on any atom is 0.223 e. The molecule has 1 aromatic rings. The molecular formula is C16H24FN3O. The number of hydrogen-bond acceptors (Lipinski definition) is 3. The molecule has 0 aliphatic carbocycles. The Labute approximate surface area is 125 Å². The first kappa shape index (κ1) is 15.9. The zero-order valence-electron chi connectivity index (χ0n) is 12.6. The Morgan fingerprint density at radius 1 is 1.19 bits per heavy atom. The van der Waals surface area contributed by atoms with E-state index in [0.717, 1.165) is 31.7 Å². The molecule has 1 fully saturated rings. The highest BCUT2D eigenvalue weighted by molar-refractivity contribution is 5.76. The fourth-order valence-corrected chi connectivity index (χ4v) is 2.46. The number of nitrogens with zero attached hydrogens (tertiary/aromatic N) is 2. The van der Waals surface area contributed by atoms with Crippen LogP contribution in [0.15, 0.2) is 24.3 Å². The van der Waals surface area contributed by atoms with E-state index in [1.165, 1.54) is 6.07 Å². The van der Waals surface area contributed by atoms with Crippen molar-refractivity contribution >= 4 is 5.91 Å². The number of halogens is 1. The molecule has 0 saturated carbocycles. The first-order valence-corrected chi connectivity index (χ1v) is 7.57. The SMILES string of the molecule is CN1CCN(C(=O)CCNCCc2ccccc2F)CC1. The summed E-state index contributed by atoms with van der Waals surface area (Å²) in [5, 5.41) is 3.22. The van der Waals surface area contributed by atoms with Crippen LogP contribution in [0.2, 0.25) is 0 Å². The normalized spacial score (nSPS) is 16.2. The minimum absolute atomic E-state index is 0.159. The van der Waals surface area contributed by atoms with E-state index < -0.39 is 0 Å². The van der Waals surface area contributed by atoms with E-state index in [-0.39, 0.29) is 11.7 Å². The van der Waals surface area contributed by atoms with Crippen LogP contribution in [-0.4, -0.2) is 62.0 Å². The second kappa shape index (κ2) is 8.10. The largest absolute Gasteiger partial charge is 0.340 e. The van der Waals surface area contributed by atoms with E-state index >= 15 is 0 Å². The number of nitrogens with one attached hydrogen (secondary N) is 1. The Morgan fingerprint density at radius 3 is 2.62 bits per heavy atom. The van der Waals surface area contributed by atoms with Gasteiger partial charge in [0.15, 0.2) is 0 Å².